The van der Waals surface area contributed by atoms with E-state index in [9.17, 15) is 4.79 Å². The standard InChI is InChI=1S/C11H11IO/c1-2-6-10(12)11(13)9-7-4-3-5-8-9/h3-8H,2H2,1H3. The Labute approximate surface area is 92.0 Å². The summed E-state index contributed by atoms with van der Waals surface area (Å²) in [4.78, 5) is 11.7. The molecule has 0 heterocycles. The van der Waals surface area contributed by atoms with Gasteiger partial charge < -0.3 is 0 Å². The first-order valence-corrected chi connectivity index (χ1v) is 5.29. The van der Waals surface area contributed by atoms with Crippen molar-refractivity contribution in [3.05, 3.63) is 45.6 Å². The quantitative estimate of drug-likeness (QED) is 0.471. The van der Waals surface area contributed by atoms with Crippen LogP contribution >= 0.6 is 22.6 Å². The second-order valence-corrected chi connectivity index (χ2v) is 3.82. The highest BCUT2D eigenvalue weighted by atomic mass is 127. The van der Waals surface area contributed by atoms with E-state index in [2.05, 4.69) is 22.6 Å². The summed E-state index contributed by atoms with van der Waals surface area (Å²) in [6, 6.07) is 9.34. The third-order valence-electron chi connectivity index (χ3n) is 1.64. The summed E-state index contributed by atoms with van der Waals surface area (Å²) in [6.07, 6.45) is 2.84. The van der Waals surface area contributed by atoms with Crippen LogP contribution < -0.4 is 0 Å². The largest absolute Gasteiger partial charge is 0.288 e. The third kappa shape index (κ3) is 2.95. The van der Waals surface area contributed by atoms with Crippen LogP contribution in [0.4, 0.5) is 0 Å². The molecule has 0 aliphatic heterocycles. The van der Waals surface area contributed by atoms with E-state index in [1.807, 2.05) is 43.3 Å². The van der Waals surface area contributed by atoms with Crippen molar-refractivity contribution in [2.75, 3.05) is 0 Å². The van der Waals surface area contributed by atoms with Gasteiger partial charge in [-0.2, -0.15) is 0 Å². The Kier molecular flexibility index (Phi) is 4.15. The molecule has 13 heavy (non-hydrogen) atoms. The predicted octanol–water partition coefficient (Wildman–Crippen LogP) is 3.60. The minimum atomic E-state index is 0.114. The van der Waals surface area contributed by atoms with Crippen LogP contribution in [0.15, 0.2) is 40.0 Å². The van der Waals surface area contributed by atoms with E-state index in [0.717, 1.165) is 15.6 Å². The summed E-state index contributed by atoms with van der Waals surface area (Å²) < 4.78 is 0.798. The molecule has 2 heteroatoms. The molecule has 68 valence electrons. The van der Waals surface area contributed by atoms with Gasteiger partial charge in [-0.25, -0.2) is 0 Å². The lowest BCUT2D eigenvalue weighted by Gasteiger charge is -1.97. The van der Waals surface area contributed by atoms with Gasteiger partial charge in [0.2, 0.25) is 0 Å². The van der Waals surface area contributed by atoms with Crippen molar-refractivity contribution in [1.82, 2.24) is 0 Å². The smallest absolute Gasteiger partial charge is 0.198 e. The number of Topliss-reactive ketones (excluding diaryl/α,β-unsaturated/α-hetero) is 1. The molecule has 0 aliphatic carbocycles. The fourth-order valence-corrected chi connectivity index (χ4v) is 1.75. The molecule has 1 rings (SSSR count). The molecule has 0 atom stereocenters. The van der Waals surface area contributed by atoms with Crippen LogP contribution in [0.5, 0.6) is 0 Å². The molecule has 0 saturated carbocycles. The van der Waals surface area contributed by atoms with Crippen LogP contribution in [0.2, 0.25) is 0 Å². The highest BCUT2D eigenvalue weighted by molar-refractivity contribution is 14.1. The maximum absolute atomic E-state index is 11.7. The van der Waals surface area contributed by atoms with E-state index in [0.29, 0.717) is 0 Å². The van der Waals surface area contributed by atoms with Crippen molar-refractivity contribution in [2.45, 2.75) is 13.3 Å². The number of rotatable bonds is 3. The number of hydrogen-bond donors (Lipinski definition) is 0. The molecule has 0 saturated heterocycles. The molecule has 1 aromatic carbocycles. The Balaban J connectivity index is 2.86. The van der Waals surface area contributed by atoms with Gasteiger partial charge in [0.25, 0.3) is 0 Å². The van der Waals surface area contributed by atoms with E-state index >= 15 is 0 Å². The van der Waals surface area contributed by atoms with Gasteiger partial charge in [-0.3, -0.25) is 4.79 Å². The van der Waals surface area contributed by atoms with Crippen molar-refractivity contribution in [2.24, 2.45) is 0 Å². The van der Waals surface area contributed by atoms with Gasteiger partial charge in [-0.05, 0) is 29.0 Å². The lowest BCUT2D eigenvalue weighted by Crippen LogP contribution is -1.97. The molecule has 0 unspecified atom stereocenters. The first kappa shape index (κ1) is 10.4. The van der Waals surface area contributed by atoms with Crippen LogP contribution in [0.1, 0.15) is 23.7 Å². The van der Waals surface area contributed by atoms with Crippen LogP contribution in [0.25, 0.3) is 0 Å². The van der Waals surface area contributed by atoms with Gasteiger partial charge in [0.1, 0.15) is 0 Å². The second-order valence-electron chi connectivity index (χ2n) is 2.66. The van der Waals surface area contributed by atoms with Gasteiger partial charge in [0.05, 0.1) is 3.58 Å². The average molecular weight is 286 g/mol. The van der Waals surface area contributed by atoms with Gasteiger partial charge in [-0.1, -0.05) is 43.3 Å². The van der Waals surface area contributed by atoms with Crippen molar-refractivity contribution in [1.29, 1.82) is 0 Å². The first-order chi connectivity index (χ1) is 6.25. The van der Waals surface area contributed by atoms with Gasteiger partial charge in [-0.15, -0.1) is 0 Å². The van der Waals surface area contributed by atoms with E-state index < -0.39 is 0 Å². The van der Waals surface area contributed by atoms with Gasteiger partial charge >= 0.3 is 0 Å². The van der Waals surface area contributed by atoms with E-state index in [-0.39, 0.29) is 5.78 Å². The normalized spacial score (nSPS) is 11.4. The maximum atomic E-state index is 11.7. The minimum Gasteiger partial charge on any atom is -0.288 e. The summed E-state index contributed by atoms with van der Waals surface area (Å²) in [5, 5.41) is 0. The molecule has 0 N–H and O–H groups in total. The highest BCUT2D eigenvalue weighted by Crippen LogP contribution is 2.14. The van der Waals surface area contributed by atoms with Crippen molar-refractivity contribution in [3.63, 3.8) is 0 Å². The Morgan fingerprint density at radius 1 is 1.38 bits per heavy atom. The lowest BCUT2D eigenvalue weighted by molar-refractivity contribution is 0.104. The van der Waals surface area contributed by atoms with Crippen LogP contribution in [-0.2, 0) is 0 Å². The number of carbonyl (C=O) groups excluding carboxylic acids is 1. The zero-order valence-electron chi connectivity index (χ0n) is 7.46. The zero-order chi connectivity index (χ0) is 9.68. The SMILES string of the molecule is CCC=C(I)C(=O)c1ccccc1. The summed E-state index contributed by atoms with van der Waals surface area (Å²) in [5.41, 5.74) is 0.761. The Morgan fingerprint density at radius 2 is 2.00 bits per heavy atom. The molecule has 0 fully saturated rings. The zero-order valence-corrected chi connectivity index (χ0v) is 9.61. The molecular weight excluding hydrogens is 275 g/mol. The maximum Gasteiger partial charge on any atom is 0.198 e. The topological polar surface area (TPSA) is 17.1 Å². The summed E-state index contributed by atoms with van der Waals surface area (Å²) in [6.45, 7) is 2.02. The Bertz CT molecular complexity index is 314. The highest BCUT2D eigenvalue weighted by Gasteiger charge is 2.06. The summed E-state index contributed by atoms with van der Waals surface area (Å²) in [5.74, 6) is 0.114. The monoisotopic (exact) mass is 286 g/mol. The number of allylic oxidation sites excluding steroid dienone is 2. The molecule has 0 aromatic heterocycles. The molecule has 0 bridgehead atoms. The molecule has 0 amide bonds. The van der Waals surface area contributed by atoms with Crippen LogP contribution in [0.3, 0.4) is 0 Å². The van der Waals surface area contributed by atoms with E-state index in [1.54, 1.807) is 0 Å². The number of ketones is 1. The summed E-state index contributed by atoms with van der Waals surface area (Å²) in [7, 11) is 0. The predicted molar refractivity (Wildman–Crippen MR) is 63.2 cm³/mol. The summed E-state index contributed by atoms with van der Waals surface area (Å²) >= 11 is 2.08. The number of hydrogen-bond acceptors (Lipinski definition) is 1. The van der Waals surface area contributed by atoms with E-state index in [4.69, 9.17) is 0 Å². The molecule has 1 nitrogen and oxygen atoms in total. The van der Waals surface area contributed by atoms with Gasteiger partial charge in [0, 0.05) is 5.56 Å². The molecule has 0 aliphatic rings. The number of benzene rings is 1. The van der Waals surface area contributed by atoms with Crippen molar-refractivity contribution in [3.8, 4) is 0 Å². The van der Waals surface area contributed by atoms with Crippen LogP contribution in [0, 0.1) is 0 Å². The first-order valence-electron chi connectivity index (χ1n) is 4.21. The number of carbonyl (C=O) groups is 1. The Hall–Kier alpha value is -0.640. The molecule has 0 spiro atoms. The average Bonchev–Trinajstić information content (AvgIpc) is 2.18. The van der Waals surface area contributed by atoms with E-state index in [1.165, 1.54) is 0 Å². The fourth-order valence-electron chi connectivity index (χ4n) is 0.999. The number of halogens is 1. The molecule has 1 aromatic rings. The molecular formula is C11H11IO. The second kappa shape index (κ2) is 5.17. The Morgan fingerprint density at radius 3 is 2.54 bits per heavy atom. The van der Waals surface area contributed by atoms with Crippen molar-refractivity contribution >= 4 is 28.4 Å². The third-order valence-corrected chi connectivity index (χ3v) is 2.57. The fraction of sp³-hybridized carbons (Fsp3) is 0.182. The molecule has 0 radical (unpaired) electrons. The minimum absolute atomic E-state index is 0.114. The van der Waals surface area contributed by atoms with Crippen LogP contribution in [-0.4, -0.2) is 5.78 Å². The van der Waals surface area contributed by atoms with Gasteiger partial charge in [0.15, 0.2) is 5.78 Å². The lowest BCUT2D eigenvalue weighted by atomic mass is 10.1. The van der Waals surface area contributed by atoms with Crippen molar-refractivity contribution < 1.29 is 4.79 Å².